The Bertz CT molecular complexity index is 1350. The van der Waals surface area contributed by atoms with Crippen LogP contribution in [0, 0.1) is 0 Å². The summed E-state index contributed by atoms with van der Waals surface area (Å²) in [4.78, 5) is 58.6. The van der Waals surface area contributed by atoms with Gasteiger partial charge in [-0.3, -0.25) is 24.0 Å². The number of rotatable bonds is 5. The van der Waals surface area contributed by atoms with Gasteiger partial charge in [0.05, 0.1) is 5.39 Å². The Morgan fingerprint density at radius 2 is 1.21 bits per heavy atom. The molecule has 10 nitrogen and oxygen atoms in total. The molecule has 1 heterocycles. The molecule has 0 radical (unpaired) electrons. The molecular formula is C23H18O10. The first kappa shape index (κ1) is 23.2. The average molecular weight is 454 g/mol. The quantitative estimate of drug-likeness (QED) is 0.418. The summed E-state index contributed by atoms with van der Waals surface area (Å²) in [6.07, 6.45) is 0. The van der Waals surface area contributed by atoms with Crippen LogP contribution in [0.15, 0.2) is 45.6 Å². The summed E-state index contributed by atoms with van der Waals surface area (Å²) < 4.78 is 26.2. The zero-order valence-electron chi connectivity index (χ0n) is 18.0. The minimum absolute atomic E-state index is 0.0117. The Morgan fingerprint density at radius 1 is 0.667 bits per heavy atom. The minimum Gasteiger partial charge on any atom is -0.452 e. The van der Waals surface area contributed by atoms with Crippen molar-refractivity contribution in [1.29, 1.82) is 0 Å². The monoisotopic (exact) mass is 454 g/mol. The van der Waals surface area contributed by atoms with E-state index in [-0.39, 0.29) is 45.3 Å². The molecule has 0 amide bonds. The van der Waals surface area contributed by atoms with Crippen LogP contribution in [0.2, 0.25) is 0 Å². The highest BCUT2D eigenvalue weighted by molar-refractivity contribution is 5.90. The van der Waals surface area contributed by atoms with E-state index in [2.05, 4.69) is 0 Å². The van der Waals surface area contributed by atoms with E-state index in [0.717, 1.165) is 13.8 Å². The number of carbonyl (C=O) groups excluding carboxylic acids is 4. The zero-order chi connectivity index (χ0) is 24.3. The molecular weight excluding hydrogens is 436 g/mol. The molecule has 0 aliphatic carbocycles. The highest BCUT2D eigenvalue weighted by Gasteiger charge is 2.20. The molecule has 170 valence electrons. The van der Waals surface area contributed by atoms with Gasteiger partial charge in [0.2, 0.25) is 5.75 Å². The Kier molecular flexibility index (Phi) is 6.57. The summed E-state index contributed by atoms with van der Waals surface area (Å²) in [5.41, 5.74) is -0.329. The number of fused-ring (bicyclic) bond motifs is 1. The summed E-state index contributed by atoms with van der Waals surface area (Å²) in [6, 6.07) is 8.03. The fourth-order valence-electron chi connectivity index (χ4n) is 2.93. The predicted octanol–water partition coefficient (Wildman–Crippen LogP) is 3.16. The van der Waals surface area contributed by atoms with Gasteiger partial charge in [-0.1, -0.05) is 0 Å². The Morgan fingerprint density at radius 3 is 1.82 bits per heavy atom. The molecule has 10 heteroatoms. The normalized spacial score (nSPS) is 10.4. The molecule has 0 atom stereocenters. The van der Waals surface area contributed by atoms with Gasteiger partial charge in [0, 0.05) is 39.3 Å². The van der Waals surface area contributed by atoms with E-state index >= 15 is 0 Å². The van der Waals surface area contributed by atoms with E-state index in [0.29, 0.717) is 0 Å². The minimum atomic E-state index is -0.730. The molecule has 0 spiro atoms. The standard InChI is InChI=1S/C23H18O10/c1-11(24)29-18-7-5-15(9-21(18)31-13(3)26)20-10-17(28)16-6-8-19(30-12(2)25)23(22(16)33-20)32-14(4)27/h5-10H,1-4H3. The maximum Gasteiger partial charge on any atom is 0.308 e. The third-order valence-electron chi connectivity index (χ3n) is 4.05. The second-order valence-corrected chi connectivity index (χ2v) is 6.78. The smallest absolute Gasteiger partial charge is 0.308 e. The first-order valence-electron chi connectivity index (χ1n) is 9.54. The van der Waals surface area contributed by atoms with E-state index in [4.69, 9.17) is 23.4 Å². The predicted molar refractivity (Wildman–Crippen MR) is 113 cm³/mol. The van der Waals surface area contributed by atoms with Crippen LogP contribution in [0.5, 0.6) is 23.0 Å². The molecule has 0 fully saturated rings. The van der Waals surface area contributed by atoms with Crippen LogP contribution >= 0.6 is 0 Å². The van der Waals surface area contributed by atoms with E-state index < -0.39 is 29.3 Å². The van der Waals surface area contributed by atoms with Crippen molar-refractivity contribution in [2.45, 2.75) is 27.7 Å². The van der Waals surface area contributed by atoms with Gasteiger partial charge in [0.25, 0.3) is 0 Å². The Labute approximate surface area is 186 Å². The second kappa shape index (κ2) is 9.35. The molecule has 0 aliphatic rings. The average Bonchev–Trinajstić information content (AvgIpc) is 2.69. The van der Waals surface area contributed by atoms with Gasteiger partial charge in [0.1, 0.15) is 5.76 Å². The van der Waals surface area contributed by atoms with Crippen molar-refractivity contribution in [2.24, 2.45) is 0 Å². The first-order valence-corrected chi connectivity index (χ1v) is 9.54. The molecule has 33 heavy (non-hydrogen) atoms. The van der Waals surface area contributed by atoms with Gasteiger partial charge in [-0.15, -0.1) is 0 Å². The fraction of sp³-hybridized carbons (Fsp3) is 0.174. The molecule has 0 N–H and O–H groups in total. The number of hydrogen-bond donors (Lipinski definition) is 0. The van der Waals surface area contributed by atoms with Gasteiger partial charge in [0.15, 0.2) is 28.3 Å². The summed E-state index contributed by atoms with van der Waals surface area (Å²) >= 11 is 0. The SMILES string of the molecule is CC(=O)Oc1ccc(-c2cc(=O)c3ccc(OC(C)=O)c(OC(C)=O)c3o2)cc1OC(C)=O. The summed E-state index contributed by atoms with van der Waals surface area (Å²) in [6.45, 7) is 4.65. The lowest BCUT2D eigenvalue weighted by Crippen LogP contribution is -2.09. The molecule has 3 aromatic rings. The number of carbonyl (C=O) groups is 4. The lowest BCUT2D eigenvalue weighted by molar-refractivity contribution is -0.134. The van der Waals surface area contributed by atoms with E-state index in [1.807, 2.05) is 0 Å². The zero-order valence-corrected chi connectivity index (χ0v) is 18.0. The van der Waals surface area contributed by atoms with Gasteiger partial charge >= 0.3 is 23.9 Å². The maximum atomic E-state index is 12.8. The first-order chi connectivity index (χ1) is 15.5. The van der Waals surface area contributed by atoms with Crippen molar-refractivity contribution >= 4 is 34.8 Å². The van der Waals surface area contributed by atoms with Crippen molar-refractivity contribution in [3.05, 3.63) is 46.6 Å². The van der Waals surface area contributed by atoms with E-state index in [9.17, 15) is 24.0 Å². The van der Waals surface area contributed by atoms with Crippen LogP contribution in [-0.2, 0) is 19.2 Å². The van der Waals surface area contributed by atoms with Gasteiger partial charge in [-0.05, 0) is 30.3 Å². The molecule has 0 aliphatic heterocycles. The van der Waals surface area contributed by atoms with Gasteiger partial charge < -0.3 is 23.4 Å². The maximum absolute atomic E-state index is 12.8. The Hall–Kier alpha value is -4.47. The summed E-state index contributed by atoms with van der Waals surface area (Å²) in [5.74, 6) is -3.12. The van der Waals surface area contributed by atoms with E-state index in [1.54, 1.807) is 0 Å². The van der Waals surface area contributed by atoms with Crippen molar-refractivity contribution in [3.8, 4) is 34.3 Å². The molecule has 3 rings (SSSR count). The van der Waals surface area contributed by atoms with Crippen LogP contribution in [-0.4, -0.2) is 23.9 Å². The van der Waals surface area contributed by atoms with Crippen molar-refractivity contribution in [1.82, 2.24) is 0 Å². The van der Waals surface area contributed by atoms with E-state index in [1.165, 1.54) is 50.2 Å². The van der Waals surface area contributed by atoms with Crippen molar-refractivity contribution in [2.75, 3.05) is 0 Å². The van der Waals surface area contributed by atoms with Crippen LogP contribution in [0.1, 0.15) is 27.7 Å². The van der Waals surface area contributed by atoms with Gasteiger partial charge in [-0.2, -0.15) is 0 Å². The second-order valence-electron chi connectivity index (χ2n) is 6.78. The largest absolute Gasteiger partial charge is 0.452 e. The van der Waals surface area contributed by atoms with Crippen LogP contribution in [0.25, 0.3) is 22.3 Å². The van der Waals surface area contributed by atoms with Crippen LogP contribution < -0.4 is 24.4 Å². The molecule has 0 saturated heterocycles. The lowest BCUT2D eigenvalue weighted by Gasteiger charge is -2.13. The third kappa shape index (κ3) is 5.42. The lowest BCUT2D eigenvalue weighted by atomic mass is 10.1. The topological polar surface area (TPSA) is 135 Å². The summed E-state index contributed by atoms with van der Waals surface area (Å²) in [7, 11) is 0. The summed E-state index contributed by atoms with van der Waals surface area (Å²) in [5, 5.41) is 0.0719. The van der Waals surface area contributed by atoms with Crippen LogP contribution in [0.4, 0.5) is 0 Å². The van der Waals surface area contributed by atoms with Crippen molar-refractivity contribution < 1.29 is 42.5 Å². The number of benzene rings is 2. The van der Waals surface area contributed by atoms with Crippen molar-refractivity contribution in [3.63, 3.8) is 0 Å². The molecule has 0 saturated carbocycles. The number of hydrogen-bond acceptors (Lipinski definition) is 10. The molecule has 0 bridgehead atoms. The molecule has 0 unspecified atom stereocenters. The highest BCUT2D eigenvalue weighted by atomic mass is 16.6. The number of esters is 4. The molecule has 1 aromatic heterocycles. The Balaban J connectivity index is 2.24. The highest BCUT2D eigenvalue weighted by Crippen LogP contribution is 2.38. The number of ether oxygens (including phenoxy) is 4. The fourth-order valence-corrected chi connectivity index (χ4v) is 2.93. The van der Waals surface area contributed by atoms with Gasteiger partial charge in [-0.25, -0.2) is 0 Å². The van der Waals surface area contributed by atoms with Crippen LogP contribution in [0.3, 0.4) is 0 Å². The molecule has 2 aromatic carbocycles. The third-order valence-corrected chi connectivity index (χ3v) is 4.05.